The number of aromatic nitrogens is 3. The molecule has 1 amide bonds. The smallest absolute Gasteiger partial charge is 0.249 e. The van der Waals surface area contributed by atoms with Crippen molar-refractivity contribution >= 4 is 23.2 Å². The Kier molecular flexibility index (Phi) is 4.68. The molecule has 0 spiro atoms. The lowest BCUT2D eigenvalue weighted by Gasteiger charge is -2.00. The number of aromatic amines is 1. The van der Waals surface area contributed by atoms with E-state index in [4.69, 9.17) is 4.74 Å². The van der Waals surface area contributed by atoms with Gasteiger partial charge in [0.2, 0.25) is 11.9 Å². The SMILES string of the molecule is COc1ccc(-c2nc(NC(=O)CCc3ccsc3)n[nH]2)cc1. The summed E-state index contributed by atoms with van der Waals surface area (Å²) in [6, 6.07) is 9.46. The summed E-state index contributed by atoms with van der Waals surface area (Å²) in [6.07, 6.45) is 1.12. The highest BCUT2D eigenvalue weighted by Gasteiger charge is 2.09. The molecule has 0 radical (unpaired) electrons. The quantitative estimate of drug-likeness (QED) is 0.728. The van der Waals surface area contributed by atoms with Crippen LogP contribution >= 0.6 is 11.3 Å². The van der Waals surface area contributed by atoms with E-state index in [9.17, 15) is 4.79 Å². The van der Waals surface area contributed by atoms with Gasteiger partial charge >= 0.3 is 0 Å². The van der Waals surface area contributed by atoms with Crippen LogP contribution in [0.25, 0.3) is 11.4 Å². The summed E-state index contributed by atoms with van der Waals surface area (Å²) in [4.78, 5) is 16.2. The fraction of sp³-hybridized carbons (Fsp3) is 0.188. The highest BCUT2D eigenvalue weighted by Crippen LogP contribution is 2.19. The van der Waals surface area contributed by atoms with Crippen molar-refractivity contribution in [2.24, 2.45) is 0 Å². The van der Waals surface area contributed by atoms with Gasteiger partial charge in [-0.25, -0.2) is 0 Å². The number of ether oxygens (including phenoxy) is 1. The number of hydrogen-bond donors (Lipinski definition) is 2. The fourth-order valence-electron chi connectivity index (χ4n) is 2.08. The van der Waals surface area contributed by atoms with Gasteiger partial charge in [-0.1, -0.05) is 0 Å². The Morgan fingerprint density at radius 2 is 2.13 bits per heavy atom. The van der Waals surface area contributed by atoms with Crippen LogP contribution in [0.3, 0.4) is 0 Å². The second-order valence-electron chi connectivity index (χ2n) is 4.92. The predicted molar refractivity (Wildman–Crippen MR) is 89.6 cm³/mol. The molecule has 2 aromatic heterocycles. The zero-order valence-corrected chi connectivity index (χ0v) is 13.4. The standard InChI is InChI=1S/C16H16N4O2S/c1-22-13-5-3-12(4-6-13)15-18-16(20-19-15)17-14(21)7-2-11-8-9-23-10-11/h3-6,8-10H,2,7H2,1H3,(H2,17,18,19,20,21). The number of thiophene rings is 1. The molecule has 23 heavy (non-hydrogen) atoms. The molecule has 0 bridgehead atoms. The van der Waals surface area contributed by atoms with Crippen LogP contribution in [-0.4, -0.2) is 28.2 Å². The average Bonchev–Trinajstić information content (AvgIpc) is 3.25. The molecule has 6 nitrogen and oxygen atoms in total. The van der Waals surface area contributed by atoms with E-state index in [1.165, 1.54) is 5.56 Å². The molecular formula is C16H16N4O2S. The number of nitrogens with zero attached hydrogens (tertiary/aromatic N) is 2. The Morgan fingerprint density at radius 1 is 1.30 bits per heavy atom. The zero-order chi connectivity index (χ0) is 16.1. The summed E-state index contributed by atoms with van der Waals surface area (Å²) in [5, 5.41) is 13.6. The number of H-pyrrole nitrogens is 1. The van der Waals surface area contributed by atoms with Gasteiger partial charge < -0.3 is 4.74 Å². The Hall–Kier alpha value is -2.67. The fourth-order valence-corrected chi connectivity index (χ4v) is 2.78. The van der Waals surface area contributed by atoms with Gasteiger partial charge in [0.1, 0.15) is 5.75 Å². The van der Waals surface area contributed by atoms with Crippen molar-refractivity contribution in [1.82, 2.24) is 15.2 Å². The molecule has 0 aliphatic carbocycles. The molecular weight excluding hydrogens is 312 g/mol. The number of methoxy groups -OCH3 is 1. The molecule has 7 heteroatoms. The van der Waals surface area contributed by atoms with Crippen LogP contribution in [0, 0.1) is 0 Å². The number of rotatable bonds is 6. The van der Waals surface area contributed by atoms with E-state index in [0.717, 1.165) is 11.3 Å². The molecule has 0 aliphatic heterocycles. The lowest BCUT2D eigenvalue weighted by molar-refractivity contribution is -0.116. The van der Waals surface area contributed by atoms with Crippen molar-refractivity contribution in [2.45, 2.75) is 12.8 Å². The maximum absolute atomic E-state index is 11.9. The van der Waals surface area contributed by atoms with E-state index in [-0.39, 0.29) is 11.9 Å². The number of amides is 1. The average molecular weight is 328 g/mol. The minimum absolute atomic E-state index is 0.100. The Morgan fingerprint density at radius 3 is 2.83 bits per heavy atom. The van der Waals surface area contributed by atoms with Crippen molar-refractivity contribution in [3.8, 4) is 17.1 Å². The molecule has 118 valence electrons. The molecule has 0 fully saturated rings. The third-order valence-corrected chi connectivity index (χ3v) is 4.05. The third kappa shape index (κ3) is 3.95. The molecule has 0 unspecified atom stereocenters. The molecule has 0 saturated heterocycles. The van der Waals surface area contributed by atoms with Crippen molar-refractivity contribution < 1.29 is 9.53 Å². The number of nitrogens with one attached hydrogen (secondary N) is 2. The molecule has 3 aromatic rings. The first-order chi connectivity index (χ1) is 11.2. The van der Waals surface area contributed by atoms with Crippen LogP contribution in [0.4, 0.5) is 5.95 Å². The molecule has 1 aromatic carbocycles. The van der Waals surface area contributed by atoms with Crippen molar-refractivity contribution in [1.29, 1.82) is 0 Å². The summed E-state index contributed by atoms with van der Waals surface area (Å²) in [5.41, 5.74) is 2.04. The van der Waals surface area contributed by atoms with Gasteiger partial charge in [-0.2, -0.15) is 16.3 Å². The first kappa shape index (κ1) is 15.2. The molecule has 0 aliphatic rings. The van der Waals surface area contributed by atoms with Gasteiger partial charge in [0.25, 0.3) is 0 Å². The monoisotopic (exact) mass is 328 g/mol. The second kappa shape index (κ2) is 7.06. The van der Waals surface area contributed by atoms with Crippen molar-refractivity contribution in [2.75, 3.05) is 12.4 Å². The Balaban J connectivity index is 1.58. The normalized spacial score (nSPS) is 10.5. The third-order valence-electron chi connectivity index (χ3n) is 3.32. The highest BCUT2D eigenvalue weighted by molar-refractivity contribution is 7.07. The maximum atomic E-state index is 11.9. The maximum Gasteiger partial charge on any atom is 0.249 e. The first-order valence-electron chi connectivity index (χ1n) is 7.12. The zero-order valence-electron chi connectivity index (χ0n) is 12.6. The largest absolute Gasteiger partial charge is 0.497 e. The molecule has 2 heterocycles. The first-order valence-corrected chi connectivity index (χ1v) is 8.06. The number of hydrogen-bond acceptors (Lipinski definition) is 5. The predicted octanol–water partition coefficient (Wildman–Crippen LogP) is 3.11. The van der Waals surface area contributed by atoms with Gasteiger partial charge in [0, 0.05) is 12.0 Å². The van der Waals surface area contributed by atoms with Crippen LogP contribution < -0.4 is 10.1 Å². The van der Waals surface area contributed by atoms with E-state index < -0.39 is 0 Å². The summed E-state index contributed by atoms with van der Waals surface area (Å²) in [6.45, 7) is 0. The van der Waals surface area contributed by atoms with Crippen molar-refractivity contribution in [3.05, 3.63) is 46.7 Å². The molecule has 0 saturated carbocycles. The Labute approximate surface area is 137 Å². The number of benzene rings is 1. The van der Waals surface area contributed by atoms with Gasteiger partial charge in [-0.05, 0) is 53.1 Å². The van der Waals surface area contributed by atoms with Crippen LogP contribution in [0.15, 0.2) is 41.1 Å². The summed E-state index contributed by atoms with van der Waals surface area (Å²) in [5.74, 6) is 1.55. The van der Waals surface area contributed by atoms with Gasteiger partial charge in [0.15, 0.2) is 5.82 Å². The van der Waals surface area contributed by atoms with E-state index in [2.05, 4.69) is 20.5 Å². The molecule has 0 atom stereocenters. The lowest BCUT2D eigenvalue weighted by Crippen LogP contribution is -2.13. The van der Waals surface area contributed by atoms with E-state index in [0.29, 0.717) is 18.7 Å². The minimum Gasteiger partial charge on any atom is -0.497 e. The van der Waals surface area contributed by atoms with Gasteiger partial charge in [-0.3, -0.25) is 15.2 Å². The summed E-state index contributed by atoms with van der Waals surface area (Å²) < 4.78 is 5.12. The van der Waals surface area contributed by atoms with Gasteiger partial charge in [0.05, 0.1) is 7.11 Å². The lowest BCUT2D eigenvalue weighted by atomic mass is 10.2. The molecule has 3 rings (SSSR count). The molecule has 2 N–H and O–H groups in total. The summed E-state index contributed by atoms with van der Waals surface area (Å²) >= 11 is 1.63. The van der Waals surface area contributed by atoms with Crippen molar-refractivity contribution in [3.63, 3.8) is 0 Å². The summed E-state index contributed by atoms with van der Waals surface area (Å²) in [7, 11) is 1.62. The topological polar surface area (TPSA) is 79.9 Å². The number of carbonyl (C=O) groups is 1. The number of aryl methyl sites for hydroxylation is 1. The highest BCUT2D eigenvalue weighted by atomic mass is 32.1. The minimum atomic E-state index is -0.100. The number of anilines is 1. The van der Waals surface area contributed by atoms with Crippen LogP contribution in [-0.2, 0) is 11.2 Å². The Bertz CT molecular complexity index is 766. The van der Waals surface area contributed by atoms with Crippen LogP contribution in [0.1, 0.15) is 12.0 Å². The van der Waals surface area contributed by atoms with E-state index in [1.54, 1.807) is 18.4 Å². The second-order valence-corrected chi connectivity index (χ2v) is 5.70. The van der Waals surface area contributed by atoms with E-state index in [1.807, 2.05) is 41.1 Å². The van der Waals surface area contributed by atoms with Crippen LogP contribution in [0.2, 0.25) is 0 Å². The van der Waals surface area contributed by atoms with E-state index >= 15 is 0 Å². The van der Waals surface area contributed by atoms with Gasteiger partial charge in [-0.15, -0.1) is 5.10 Å². The number of carbonyl (C=O) groups excluding carboxylic acids is 1. The van der Waals surface area contributed by atoms with Crippen LogP contribution in [0.5, 0.6) is 5.75 Å².